The predicted octanol–water partition coefficient (Wildman–Crippen LogP) is 4.47. The zero-order valence-electron chi connectivity index (χ0n) is 20.4. The predicted molar refractivity (Wildman–Crippen MR) is 130 cm³/mol. The maximum absolute atomic E-state index is 13.3. The van der Waals surface area contributed by atoms with Gasteiger partial charge in [-0.2, -0.15) is 18.3 Å². The first-order valence-electron chi connectivity index (χ1n) is 11.2. The number of allylic oxidation sites excluding steroid dienone is 2. The van der Waals surface area contributed by atoms with Crippen LogP contribution in [0.25, 0.3) is 22.0 Å². The molecule has 0 fully saturated rings. The van der Waals surface area contributed by atoms with E-state index in [4.69, 9.17) is 11.1 Å². The van der Waals surface area contributed by atoms with E-state index >= 15 is 0 Å². The number of aliphatic hydroxyl groups is 1. The Kier molecular flexibility index (Phi) is 7.26. The third kappa shape index (κ3) is 5.32. The van der Waals surface area contributed by atoms with Gasteiger partial charge in [0, 0.05) is 35.6 Å². The van der Waals surface area contributed by atoms with E-state index in [1.54, 1.807) is 30.7 Å². The van der Waals surface area contributed by atoms with Gasteiger partial charge in [-0.3, -0.25) is 4.79 Å². The molecule has 1 aromatic carbocycles. The van der Waals surface area contributed by atoms with Gasteiger partial charge in [0.25, 0.3) is 5.56 Å². The number of rotatable bonds is 7. The summed E-state index contributed by atoms with van der Waals surface area (Å²) >= 11 is 0. The molecule has 2 aromatic heterocycles. The van der Waals surface area contributed by atoms with E-state index < -0.39 is 17.8 Å². The van der Waals surface area contributed by atoms with Gasteiger partial charge in [-0.1, -0.05) is 32.0 Å². The van der Waals surface area contributed by atoms with Crippen LogP contribution in [0, 0.1) is 11.3 Å². The highest BCUT2D eigenvalue weighted by Crippen LogP contribution is 2.36. The fourth-order valence-electron chi connectivity index (χ4n) is 4.16. The van der Waals surface area contributed by atoms with Gasteiger partial charge in [0.15, 0.2) is 6.10 Å². The number of hydrogen-bond acceptors (Lipinski definition) is 5. The molecule has 0 aliphatic rings. The second kappa shape index (κ2) is 9.69. The van der Waals surface area contributed by atoms with Gasteiger partial charge in [0.05, 0.1) is 23.3 Å². The number of nitrogens with two attached hydrogens (primary N) is 1. The molecule has 0 saturated carbocycles. The van der Waals surface area contributed by atoms with Gasteiger partial charge in [-0.05, 0) is 43.4 Å². The zero-order chi connectivity index (χ0) is 26.2. The molecule has 1 unspecified atom stereocenters. The van der Waals surface area contributed by atoms with Crippen molar-refractivity contribution in [2.75, 3.05) is 0 Å². The third-order valence-corrected chi connectivity index (χ3v) is 5.81. The Morgan fingerprint density at radius 3 is 2.46 bits per heavy atom. The number of aryl methyl sites for hydroxylation is 1. The van der Waals surface area contributed by atoms with Crippen molar-refractivity contribution in [3.05, 3.63) is 63.3 Å². The van der Waals surface area contributed by atoms with Crippen molar-refractivity contribution in [3.8, 4) is 11.3 Å². The SMILES string of the molecule is CC(=N)/C(Cn1cc2c(CC(C)C)nn(C)c(=O)c2c1-c1cccc(C(O)C(F)(F)F)c1)=C(/C)N. The van der Waals surface area contributed by atoms with E-state index in [0.717, 1.165) is 0 Å². The van der Waals surface area contributed by atoms with Crippen molar-refractivity contribution in [1.29, 1.82) is 5.41 Å². The molecule has 4 N–H and O–H groups in total. The summed E-state index contributed by atoms with van der Waals surface area (Å²) in [5.41, 5.74) is 7.88. The third-order valence-electron chi connectivity index (χ3n) is 5.81. The van der Waals surface area contributed by atoms with E-state index in [1.807, 2.05) is 13.8 Å². The molecule has 3 rings (SSSR count). The van der Waals surface area contributed by atoms with Gasteiger partial charge >= 0.3 is 6.18 Å². The lowest BCUT2D eigenvalue weighted by atomic mass is 10.0. The van der Waals surface area contributed by atoms with Gasteiger partial charge in [0.2, 0.25) is 0 Å². The molecule has 0 radical (unpaired) electrons. The van der Waals surface area contributed by atoms with Gasteiger partial charge < -0.3 is 20.8 Å². The summed E-state index contributed by atoms with van der Waals surface area (Å²) in [6.45, 7) is 7.45. The van der Waals surface area contributed by atoms with E-state index in [0.29, 0.717) is 45.4 Å². The number of nitrogens with zero attached hydrogens (tertiary/aromatic N) is 3. The quantitative estimate of drug-likeness (QED) is 0.426. The minimum Gasteiger partial charge on any atom is -0.402 e. The van der Waals surface area contributed by atoms with Crippen molar-refractivity contribution in [2.45, 2.75) is 52.9 Å². The Labute approximate surface area is 201 Å². The summed E-state index contributed by atoms with van der Waals surface area (Å²) in [6.07, 6.45) is -5.17. The number of halogens is 3. The first-order chi connectivity index (χ1) is 16.2. The average Bonchev–Trinajstić information content (AvgIpc) is 3.13. The van der Waals surface area contributed by atoms with Crippen LogP contribution in [-0.4, -0.2) is 31.3 Å². The minimum atomic E-state index is -4.84. The van der Waals surface area contributed by atoms with Crippen molar-refractivity contribution in [1.82, 2.24) is 14.3 Å². The second-order valence-corrected chi connectivity index (χ2v) is 9.22. The van der Waals surface area contributed by atoms with Crippen LogP contribution >= 0.6 is 0 Å². The highest BCUT2D eigenvalue weighted by molar-refractivity contribution is 5.99. The first kappa shape index (κ1) is 26.2. The summed E-state index contributed by atoms with van der Waals surface area (Å²) in [4.78, 5) is 13.3. The van der Waals surface area contributed by atoms with Crippen LogP contribution in [0.5, 0.6) is 0 Å². The lowest BCUT2D eigenvalue weighted by Gasteiger charge is -2.17. The second-order valence-electron chi connectivity index (χ2n) is 9.22. The van der Waals surface area contributed by atoms with Crippen molar-refractivity contribution >= 4 is 16.5 Å². The Morgan fingerprint density at radius 2 is 1.91 bits per heavy atom. The number of hydrogen-bond donors (Lipinski definition) is 3. The zero-order valence-corrected chi connectivity index (χ0v) is 20.4. The summed E-state index contributed by atoms with van der Waals surface area (Å²) < 4.78 is 42.6. The highest BCUT2D eigenvalue weighted by Gasteiger charge is 2.39. The number of aromatic nitrogens is 3. The molecule has 1 atom stereocenters. The standard InChI is InChI=1S/C25H30F3N5O2/c1-13(2)9-20-19-12-33(11-18(14(3)29)15(4)30)22(21(19)24(35)32(5)31-20)16-7-6-8-17(10-16)23(34)25(26,27)28/h6-8,10,12-13,23,29,34H,9,11,30H2,1-5H3/b18-15-,29-14?. The van der Waals surface area contributed by atoms with Crippen LogP contribution in [0.1, 0.15) is 45.1 Å². The maximum Gasteiger partial charge on any atom is 0.418 e. The summed E-state index contributed by atoms with van der Waals surface area (Å²) in [6, 6.07) is 5.44. The van der Waals surface area contributed by atoms with E-state index in [-0.39, 0.29) is 23.7 Å². The summed E-state index contributed by atoms with van der Waals surface area (Å²) in [7, 11) is 1.54. The van der Waals surface area contributed by atoms with Gasteiger partial charge in [0.1, 0.15) is 0 Å². The first-order valence-corrected chi connectivity index (χ1v) is 11.2. The molecule has 10 heteroatoms. The highest BCUT2D eigenvalue weighted by atomic mass is 19.4. The smallest absolute Gasteiger partial charge is 0.402 e. The number of fused-ring (bicyclic) bond motifs is 1. The molecule has 35 heavy (non-hydrogen) atoms. The molecular formula is C25H30F3N5O2. The summed E-state index contributed by atoms with van der Waals surface area (Å²) in [5, 5.41) is 23.3. The number of benzene rings is 1. The lowest BCUT2D eigenvalue weighted by molar-refractivity contribution is -0.206. The molecular weight excluding hydrogens is 459 g/mol. The molecule has 0 spiro atoms. The monoisotopic (exact) mass is 489 g/mol. The fraction of sp³-hybridized carbons (Fsp3) is 0.400. The van der Waals surface area contributed by atoms with E-state index in [2.05, 4.69) is 5.10 Å². The Morgan fingerprint density at radius 1 is 1.26 bits per heavy atom. The molecule has 0 amide bonds. The van der Waals surface area contributed by atoms with E-state index in [1.165, 1.54) is 29.9 Å². The van der Waals surface area contributed by atoms with Crippen molar-refractivity contribution in [3.63, 3.8) is 0 Å². The molecule has 0 aliphatic carbocycles. The lowest BCUT2D eigenvalue weighted by Crippen LogP contribution is -2.22. The molecule has 0 bridgehead atoms. The molecule has 188 valence electrons. The van der Waals surface area contributed by atoms with Crippen molar-refractivity contribution < 1.29 is 18.3 Å². The Hall–Kier alpha value is -3.40. The van der Waals surface area contributed by atoms with Gasteiger partial charge in [-0.25, -0.2) is 4.68 Å². The van der Waals surface area contributed by atoms with Crippen LogP contribution in [-0.2, 0) is 20.0 Å². The molecule has 2 heterocycles. The number of alkyl halides is 3. The van der Waals surface area contributed by atoms with Crippen LogP contribution in [0.4, 0.5) is 13.2 Å². The minimum absolute atomic E-state index is 0.137. The summed E-state index contributed by atoms with van der Waals surface area (Å²) in [5.74, 6) is 0.242. The molecule has 7 nitrogen and oxygen atoms in total. The molecule has 0 saturated heterocycles. The van der Waals surface area contributed by atoms with E-state index in [9.17, 15) is 23.1 Å². The molecule has 3 aromatic rings. The maximum atomic E-state index is 13.3. The Bertz CT molecular complexity index is 1360. The van der Waals surface area contributed by atoms with Crippen LogP contribution in [0.2, 0.25) is 0 Å². The normalized spacial score (nSPS) is 13.9. The largest absolute Gasteiger partial charge is 0.418 e. The van der Waals surface area contributed by atoms with Crippen molar-refractivity contribution in [2.24, 2.45) is 18.7 Å². The molecule has 0 aliphatic heterocycles. The number of aliphatic hydroxyl groups excluding tert-OH is 1. The Balaban J connectivity index is 2.40. The van der Waals surface area contributed by atoms with Crippen LogP contribution < -0.4 is 11.3 Å². The number of nitrogens with one attached hydrogen (secondary N) is 1. The average molecular weight is 490 g/mol. The van der Waals surface area contributed by atoms with Crippen LogP contribution in [0.3, 0.4) is 0 Å². The van der Waals surface area contributed by atoms with Gasteiger partial charge in [-0.15, -0.1) is 0 Å². The van der Waals surface area contributed by atoms with Crippen LogP contribution in [0.15, 0.2) is 46.5 Å². The topological polar surface area (TPSA) is 110 Å². The fourth-order valence-corrected chi connectivity index (χ4v) is 4.16.